The zero-order valence-corrected chi connectivity index (χ0v) is 13.7. The Labute approximate surface area is 149 Å². The Morgan fingerprint density at radius 1 is 0.808 bits per heavy atom. The Bertz CT molecular complexity index is 1160. The van der Waals surface area contributed by atoms with E-state index in [1.165, 1.54) is 6.07 Å². The van der Waals surface area contributed by atoms with Crippen molar-refractivity contribution in [2.75, 3.05) is 0 Å². The van der Waals surface area contributed by atoms with Crippen LogP contribution >= 0.6 is 0 Å². The normalized spacial score (nSPS) is 10.8. The average Bonchev–Trinajstić information content (AvgIpc) is 2.68. The minimum atomic E-state index is -0.544. The van der Waals surface area contributed by atoms with Gasteiger partial charge >= 0.3 is 0 Å². The van der Waals surface area contributed by atoms with Gasteiger partial charge in [0.1, 0.15) is 28.0 Å². The van der Waals surface area contributed by atoms with Crippen LogP contribution in [0.1, 0.15) is 15.9 Å². The monoisotopic (exact) mass is 342 g/mol. The van der Waals surface area contributed by atoms with E-state index in [9.17, 15) is 14.7 Å². The highest BCUT2D eigenvalue weighted by Crippen LogP contribution is 2.30. The number of hydrogen-bond donors (Lipinski definition) is 1. The SMILES string of the molecule is O=C(c1ccccc1)c1c(-c2ccccc2)oc2cccc(O)c2c1=O. The van der Waals surface area contributed by atoms with Crippen molar-refractivity contribution in [3.63, 3.8) is 0 Å². The maximum Gasteiger partial charge on any atom is 0.208 e. The number of phenolic OH excluding ortho intramolecular Hbond substituents is 1. The zero-order chi connectivity index (χ0) is 18.1. The summed E-state index contributed by atoms with van der Waals surface area (Å²) in [6.45, 7) is 0. The van der Waals surface area contributed by atoms with Gasteiger partial charge in [-0.3, -0.25) is 9.59 Å². The second kappa shape index (κ2) is 6.33. The minimum Gasteiger partial charge on any atom is -0.507 e. The predicted octanol–water partition coefficient (Wildman–Crippen LogP) is 4.40. The van der Waals surface area contributed by atoms with Gasteiger partial charge in [-0.25, -0.2) is 0 Å². The van der Waals surface area contributed by atoms with Gasteiger partial charge in [-0.1, -0.05) is 66.7 Å². The second-order valence-corrected chi connectivity index (χ2v) is 5.85. The van der Waals surface area contributed by atoms with Crippen LogP contribution in [-0.4, -0.2) is 10.9 Å². The number of rotatable bonds is 3. The number of phenols is 1. The quantitative estimate of drug-likeness (QED) is 0.561. The standard InChI is InChI=1S/C22H14O4/c23-16-12-7-13-17-18(16)21(25)19(20(24)14-8-3-1-4-9-14)22(26-17)15-10-5-2-6-11-15/h1-13,23H. The predicted molar refractivity (Wildman–Crippen MR) is 99.5 cm³/mol. The van der Waals surface area contributed by atoms with Crippen molar-refractivity contribution < 1.29 is 14.3 Å². The fourth-order valence-electron chi connectivity index (χ4n) is 2.95. The third kappa shape index (κ3) is 2.58. The molecule has 1 heterocycles. The molecule has 0 fully saturated rings. The second-order valence-electron chi connectivity index (χ2n) is 5.85. The minimum absolute atomic E-state index is 0.00598. The van der Waals surface area contributed by atoms with E-state index in [1.807, 2.05) is 6.07 Å². The highest BCUT2D eigenvalue weighted by Gasteiger charge is 2.24. The molecule has 0 atom stereocenters. The van der Waals surface area contributed by atoms with Crippen molar-refractivity contribution in [3.8, 4) is 17.1 Å². The number of carbonyl (C=O) groups excluding carboxylic acids is 1. The van der Waals surface area contributed by atoms with Crippen LogP contribution in [0.15, 0.2) is 88.1 Å². The molecule has 4 heteroatoms. The van der Waals surface area contributed by atoms with E-state index in [4.69, 9.17) is 4.42 Å². The molecule has 4 aromatic rings. The van der Waals surface area contributed by atoms with E-state index in [-0.39, 0.29) is 28.0 Å². The number of benzene rings is 3. The lowest BCUT2D eigenvalue weighted by atomic mass is 9.97. The Morgan fingerprint density at radius 2 is 1.46 bits per heavy atom. The van der Waals surface area contributed by atoms with E-state index < -0.39 is 11.2 Å². The molecule has 0 unspecified atom stereocenters. The number of fused-ring (bicyclic) bond motifs is 1. The molecular formula is C22H14O4. The molecule has 4 rings (SSSR count). The van der Waals surface area contributed by atoms with Crippen molar-refractivity contribution >= 4 is 16.8 Å². The number of hydrogen-bond acceptors (Lipinski definition) is 4. The first-order valence-electron chi connectivity index (χ1n) is 8.11. The summed E-state index contributed by atoms with van der Waals surface area (Å²) in [7, 11) is 0. The summed E-state index contributed by atoms with van der Waals surface area (Å²) >= 11 is 0. The van der Waals surface area contributed by atoms with Crippen LogP contribution in [0.3, 0.4) is 0 Å². The molecule has 3 aromatic carbocycles. The van der Waals surface area contributed by atoms with E-state index in [0.29, 0.717) is 11.1 Å². The van der Waals surface area contributed by atoms with Gasteiger partial charge in [-0.05, 0) is 12.1 Å². The number of ketones is 1. The fourth-order valence-corrected chi connectivity index (χ4v) is 2.95. The maximum atomic E-state index is 13.1. The van der Waals surface area contributed by atoms with Gasteiger partial charge in [-0.2, -0.15) is 0 Å². The fraction of sp³-hybridized carbons (Fsp3) is 0. The lowest BCUT2D eigenvalue weighted by molar-refractivity contribution is 0.103. The Hall–Kier alpha value is -3.66. The third-order valence-electron chi connectivity index (χ3n) is 4.20. The van der Waals surface area contributed by atoms with Gasteiger partial charge < -0.3 is 9.52 Å². The topological polar surface area (TPSA) is 67.5 Å². The van der Waals surface area contributed by atoms with Crippen molar-refractivity contribution in [1.82, 2.24) is 0 Å². The van der Waals surface area contributed by atoms with Crippen molar-refractivity contribution in [1.29, 1.82) is 0 Å². The van der Waals surface area contributed by atoms with Crippen LogP contribution in [0.4, 0.5) is 0 Å². The molecule has 0 aliphatic heterocycles. The van der Waals surface area contributed by atoms with E-state index in [1.54, 1.807) is 66.7 Å². The van der Waals surface area contributed by atoms with E-state index in [2.05, 4.69) is 0 Å². The first-order valence-corrected chi connectivity index (χ1v) is 8.11. The van der Waals surface area contributed by atoms with Crippen LogP contribution in [0, 0.1) is 0 Å². The summed E-state index contributed by atoms with van der Waals surface area (Å²) in [5.41, 5.74) is 0.604. The van der Waals surface area contributed by atoms with Crippen LogP contribution in [-0.2, 0) is 0 Å². The zero-order valence-electron chi connectivity index (χ0n) is 13.7. The smallest absolute Gasteiger partial charge is 0.208 e. The van der Waals surface area contributed by atoms with Gasteiger partial charge in [0.2, 0.25) is 11.2 Å². The Kier molecular flexibility index (Phi) is 3.86. The Morgan fingerprint density at radius 3 is 2.15 bits per heavy atom. The van der Waals surface area contributed by atoms with Gasteiger partial charge in [0, 0.05) is 11.1 Å². The van der Waals surface area contributed by atoms with E-state index >= 15 is 0 Å². The molecule has 26 heavy (non-hydrogen) atoms. The van der Waals surface area contributed by atoms with Crippen LogP contribution in [0.25, 0.3) is 22.3 Å². The molecule has 0 radical (unpaired) electrons. The van der Waals surface area contributed by atoms with Gasteiger partial charge in [0.05, 0.1) is 0 Å². The number of carbonyl (C=O) groups is 1. The molecule has 0 saturated carbocycles. The molecule has 0 amide bonds. The van der Waals surface area contributed by atoms with Crippen LogP contribution in [0.5, 0.6) is 5.75 Å². The maximum absolute atomic E-state index is 13.1. The molecular weight excluding hydrogens is 328 g/mol. The molecule has 0 aliphatic rings. The van der Waals surface area contributed by atoms with Gasteiger partial charge in [-0.15, -0.1) is 0 Å². The molecule has 0 bridgehead atoms. The summed E-state index contributed by atoms with van der Waals surface area (Å²) in [5.74, 6) is -0.455. The third-order valence-corrected chi connectivity index (χ3v) is 4.20. The lowest BCUT2D eigenvalue weighted by Crippen LogP contribution is -2.18. The first kappa shape index (κ1) is 15.8. The van der Waals surface area contributed by atoms with Gasteiger partial charge in [0.15, 0.2) is 0 Å². The number of aromatic hydroxyl groups is 1. The molecule has 126 valence electrons. The largest absolute Gasteiger partial charge is 0.507 e. The highest BCUT2D eigenvalue weighted by atomic mass is 16.3. The van der Waals surface area contributed by atoms with Crippen LogP contribution < -0.4 is 5.43 Å². The Balaban J connectivity index is 2.09. The molecule has 0 saturated heterocycles. The van der Waals surface area contributed by atoms with Crippen LogP contribution in [0.2, 0.25) is 0 Å². The van der Waals surface area contributed by atoms with Crippen molar-refractivity contribution in [2.45, 2.75) is 0 Å². The highest BCUT2D eigenvalue weighted by molar-refractivity contribution is 6.13. The van der Waals surface area contributed by atoms with Gasteiger partial charge in [0.25, 0.3) is 0 Å². The average molecular weight is 342 g/mol. The molecule has 0 aliphatic carbocycles. The lowest BCUT2D eigenvalue weighted by Gasteiger charge is -2.10. The summed E-state index contributed by atoms with van der Waals surface area (Å²) in [6.07, 6.45) is 0. The molecule has 4 nitrogen and oxygen atoms in total. The molecule has 1 N–H and O–H groups in total. The van der Waals surface area contributed by atoms with E-state index in [0.717, 1.165) is 0 Å². The molecule has 0 spiro atoms. The summed E-state index contributed by atoms with van der Waals surface area (Å²) in [6, 6.07) is 22.1. The molecule has 1 aromatic heterocycles. The van der Waals surface area contributed by atoms with Crippen molar-refractivity contribution in [3.05, 3.63) is 100 Å². The summed E-state index contributed by atoms with van der Waals surface area (Å²) in [5, 5.41) is 10.1. The first-order chi connectivity index (χ1) is 12.7. The van der Waals surface area contributed by atoms with Crippen molar-refractivity contribution in [2.24, 2.45) is 0 Å². The summed E-state index contributed by atoms with van der Waals surface area (Å²) < 4.78 is 5.90. The summed E-state index contributed by atoms with van der Waals surface area (Å²) in [4.78, 5) is 26.2.